The number of nitrogen functional groups attached to an aromatic ring is 1. The number of aromatic nitrogens is 2. The highest BCUT2D eigenvalue weighted by molar-refractivity contribution is 5.72. The van der Waals surface area contributed by atoms with Crippen LogP contribution in [0.5, 0.6) is 5.75 Å². The van der Waals surface area contributed by atoms with Gasteiger partial charge in [-0.05, 0) is 37.6 Å². The van der Waals surface area contributed by atoms with Crippen molar-refractivity contribution in [1.82, 2.24) is 9.55 Å². The summed E-state index contributed by atoms with van der Waals surface area (Å²) in [5.74, 6) is 2.47. The summed E-state index contributed by atoms with van der Waals surface area (Å²) in [5, 5.41) is 0. The van der Waals surface area contributed by atoms with Crippen LogP contribution in [0, 0.1) is 13.8 Å². The first-order valence-corrected chi connectivity index (χ1v) is 5.48. The lowest BCUT2D eigenvalue weighted by Crippen LogP contribution is -1.98. The van der Waals surface area contributed by atoms with Crippen LogP contribution in [-0.2, 0) is 7.05 Å². The molecule has 4 heteroatoms. The molecule has 2 aromatic rings. The summed E-state index contributed by atoms with van der Waals surface area (Å²) in [6.45, 7) is 3.95. The van der Waals surface area contributed by atoms with E-state index >= 15 is 0 Å². The van der Waals surface area contributed by atoms with Crippen molar-refractivity contribution >= 4 is 5.82 Å². The van der Waals surface area contributed by atoms with Crippen LogP contribution in [0.3, 0.4) is 0 Å². The van der Waals surface area contributed by atoms with Crippen molar-refractivity contribution in [3.8, 4) is 17.0 Å². The van der Waals surface area contributed by atoms with Crippen molar-refractivity contribution in [1.29, 1.82) is 0 Å². The molecule has 4 nitrogen and oxygen atoms in total. The fourth-order valence-electron chi connectivity index (χ4n) is 1.87. The Bertz CT molecular complexity index is 558. The number of nitrogens with two attached hydrogens (primary N) is 1. The lowest BCUT2D eigenvalue weighted by molar-refractivity contribution is 0.412. The Morgan fingerprint density at radius 2 is 2.00 bits per heavy atom. The molecule has 1 heterocycles. The predicted octanol–water partition coefficient (Wildman–Crippen LogP) is 2.29. The van der Waals surface area contributed by atoms with Gasteiger partial charge in [-0.2, -0.15) is 0 Å². The highest BCUT2D eigenvalue weighted by Crippen LogP contribution is 2.29. The molecule has 0 bridgehead atoms. The number of hydrogen-bond acceptors (Lipinski definition) is 3. The van der Waals surface area contributed by atoms with Crippen LogP contribution >= 0.6 is 0 Å². The molecule has 90 valence electrons. The molecule has 0 radical (unpaired) electrons. The van der Waals surface area contributed by atoms with Gasteiger partial charge in [0.25, 0.3) is 0 Å². The van der Waals surface area contributed by atoms with Gasteiger partial charge >= 0.3 is 0 Å². The summed E-state index contributed by atoms with van der Waals surface area (Å²) >= 11 is 0. The highest BCUT2D eigenvalue weighted by atomic mass is 16.5. The minimum Gasteiger partial charge on any atom is -0.496 e. The standard InChI is InChI=1S/C13H17N3O/c1-8-7-10(5-6-11(8)17-4)12-13(14)16(3)9(2)15-12/h5-7H,14H2,1-4H3. The molecule has 0 spiro atoms. The van der Waals surface area contributed by atoms with Crippen LogP contribution in [0.2, 0.25) is 0 Å². The summed E-state index contributed by atoms with van der Waals surface area (Å²) in [5.41, 5.74) is 8.95. The summed E-state index contributed by atoms with van der Waals surface area (Å²) in [7, 11) is 3.58. The zero-order valence-corrected chi connectivity index (χ0v) is 10.6. The quantitative estimate of drug-likeness (QED) is 0.862. The second kappa shape index (κ2) is 4.13. The van der Waals surface area contributed by atoms with Gasteiger partial charge < -0.3 is 15.0 Å². The van der Waals surface area contributed by atoms with E-state index in [0.29, 0.717) is 5.82 Å². The largest absolute Gasteiger partial charge is 0.496 e. The maximum Gasteiger partial charge on any atom is 0.131 e. The summed E-state index contributed by atoms with van der Waals surface area (Å²) in [6.07, 6.45) is 0. The van der Waals surface area contributed by atoms with Crippen molar-refractivity contribution in [2.45, 2.75) is 13.8 Å². The molecule has 0 unspecified atom stereocenters. The predicted molar refractivity (Wildman–Crippen MR) is 69.1 cm³/mol. The number of hydrogen-bond donors (Lipinski definition) is 1. The fraction of sp³-hybridized carbons (Fsp3) is 0.308. The van der Waals surface area contributed by atoms with E-state index in [0.717, 1.165) is 28.4 Å². The second-order valence-electron chi connectivity index (χ2n) is 4.14. The van der Waals surface area contributed by atoms with E-state index in [1.165, 1.54) is 0 Å². The Balaban J connectivity index is 2.53. The van der Waals surface area contributed by atoms with Gasteiger partial charge in [0.1, 0.15) is 23.1 Å². The van der Waals surface area contributed by atoms with Gasteiger partial charge in [0.15, 0.2) is 0 Å². The van der Waals surface area contributed by atoms with Crippen LogP contribution < -0.4 is 10.5 Å². The van der Waals surface area contributed by atoms with Crippen LogP contribution in [0.1, 0.15) is 11.4 Å². The topological polar surface area (TPSA) is 53.1 Å². The van der Waals surface area contributed by atoms with Crippen molar-refractivity contribution in [3.05, 3.63) is 29.6 Å². The first-order chi connectivity index (χ1) is 8.04. The van der Waals surface area contributed by atoms with Gasteiger partial charge in [-0.1, -0.05) is 0 Å². The Labute approximate surface area is 101 Å². The van der Waals surface area contributed by atoms with Gasteiger partial charge in [0.2, 0.25) is 0 Å². The number of benzene rings is 1. The summed E-state index contributed by atoms with van der Waals surface area (Å²) in [4.78, 5) is 4.47. The minimum atomic E-state index is 0.687. The third-order valence-electron chi connectivity index (χ3n) is 3.03. The molecule has 0 fully saturated rings. The van der Waals surface area contributed by atoms with Crippen LogP contribution in [0.25, 0.3) is 11.3 Å². The molecule has 1 aromatic carbocycles. The number of ether oxygens (including phenoxy) is 1. The maximum atomic E-state index is 6.03. The van der Waals surface area contributed by atoms with Gasteiger partial charge in [0.05, 0.1) is 7.11 Å². The molecule has 0 amide bonds. The first kappa shape index (κ1) is 11.5. The number of rotatable bonds is 2. The average Bonchev–Trinajstić information content (AvgIpc) is 2.57. The van der Waals surface area contributed by atoms with Gasteiger partial charge in [-0.25, -0.2) is 4.98 Å². The van der Waals surface area contributed by atoms with E-state index < -0.39 is 0 Å². The van der Waals surface area contributed by atoms with Crippen LogP contribution in [0.4, 0.5) is 5.82 Å². The zero-order valence-electron chi connectivity index (χ0n) is 10.6. The molecule has 0 atom stereocenters. The molecular formula is C13H17N3O. The minimum absolute atomic E-state index is 0.687. The first-order valence-electron chi connectivity index (χ1n) is 5.48. The Morgan fingerprint density at radius 1 is 1.29 bits per heavy atom. The molecule has 1 aromatic heterocycles. The molecule has 0 saturated carbocycles. The monoisotopic (exact) mass is 231 g/mol. The smallest absolute Gasteiger partial charge is 0.131 e. The average molecular weight is 231 g/mol. The van der Waals surface area contributed by atoms with Crippen molar-refractivity contribution < 1.29 is 4.74 Å². The van der Waals surface area contributed by atoms with Crippen molar-refractivity contribution in [3.63, 3.8) is 0 Å². The Hall–Kier alpha value is -1.97. The molecule has 0 aliphatic heterocycles. The number of aryl methyl sites for hydroxylation is 2. The van der Waals surface area contributed by atoms with Gasteiger partial charge in [-0.3, -0.25) is 0 Å². The van der Waals surface area contributed by atoms with Crippen molar-refractivity contribution in [2.75, 3.05) is 12.8 Å². The van der Waals surface area contributed by atoms with E-state index in [1.54, 1.807) is 7.11 Å². The number of imidazole rings is 1. The van der Waals surface area contributed by atoms with E-state index in [4.69, 9.17) is 10.5 Å². The third-order valence-corrected chi connectivity index (χ3v) is 3.03. The Kier molecular flexibility index (Phi) is 2.79. The summed E-state index contributed by atoms with van der Waals surface area (Å²) < 4.78 is 7.12. The number of methoxy groups -OCH3 is 1. The van der Waals surface area contributed by atoms with E-state index in [1.807, 2.05) is 43.7 Å². The number of anilines is 1. The molecular weight excluding hydrogens is 214 g/mol. The fourth-order valence-corrected chi connectivity index (χ4v) is 1.87. The molecule has 2 N–H and O–H groups in total. The van der Waals surface area contributed by atoms with Crippen LogP contribution in [0.15, 0.2) is 18.2 Å². The molecule has 0 aliphatic carbocycles. The van der Waals surface area contributed by atoms with E-state index in [-0.39, 0.29) is 0 Å². The van der Waals surface area contributed by atoms with E-state index in [2.05, 4.69) is 4.98 Å². The molecule has 0 saturated heterocycles. The Morgan fingerprint density at radius 3 is 2.47 bits per heavy atom. The molecule has 0 aliphatic rings. The summed E-state index contributed by atoms with van der Waals surface area (Å²) in [6, 6.07) is 5.95. The normalized spacial score (nSPS) is 10.6. The lowest BCUT2D eigenvalue weighted by atomic mass is 10.1. The van der Waals surface area contributed by atoms with E-state index in [9.17, 15) is 0 Å². The maximum absolute atomic E-state index is 6.03. The van der Waals surface area contributed by atoms with Crippen molar-refractivity contribution in [2.24, 2.45) is 7.05 Å². The third kappa shape index (κ3) is 1.86. The lowest BCUT2D eigenvalue weighted by Gasteiger charge is -2.06. The molecule has 2 rings (SSSR count). The second-order valence-corrected chi connectivity index (χ2v) is 4.14. The highest BCUT2D eigenvalue weighted by Gasteiger charge is 2.12. The van der Waals surface area contributed by atoms with Gasteiger partial charge in [0, 0.05) is 12.6 Å². The number of nitrogens with zero attached hydrogens (tertiary/aromatic N) is 2. The molecule has 17 heavy (non-hydrogen) atoms. The van der Waals surface area contributed by atoms with Crippen LogP contribution in [-0.4, -0.2) is 16.7 Å². The SMILES string of the molecule is COc1ccc(-c2nc(C)n(C)c2N)cc1C. The zero-order chi connectivity index (χ0) is 12.6. The van der Waals surface area contributed by atoms with Gasteiger partial charge in [-0.15, -0.1) is 0 Å².